The van der Waals surface area contributed by atoms with Crippen molar-refractivity contribution in [2.45, 2.75) is 63.8 Å². The molecule has 17 heavy (non-hydrogen) atoms. The van der Waals surface area contributed by atoms with Crippen LogP contribution in [-0.4, -0.2) is 22.6 Å². The summed E-state index contributed by atoms with van der Waals surface area (Å²) in [4.78, 5) is 8.38. The van der Waals surface area contributed by atoms with Crippen LogP contribution in [0.15, 0.2) is 0 Å². The van der Waals surface area contributed by atoms with Gasteiger partial charge in [0.2, 0.25) is 0 Å². The maximum atomic E-state index is 4.86. The number of H-pyrrole nitrogens is 1. The van der Waals surface area contributed by atoms with E-state index >= 15 is 0 Å². The Kier molecular flexibility index (Phi) is 3.19. The Bertz CT molecular complexity index is 371. The van der Waals surface area contributed by atoms with Gasteiger partial charge in [-0.1, -0.05) is 12.8 Å². The van der Waals surface area contributed by atoms with E-state index in [0.29, 0.717) is 12.0 Å². The van der Waals surface area contributed by atoms with Gasteiger partial charge in [0.1, 0.15) is 5.82 Å². The minimum atomic E-state index is 0.661. The molecule has 1 aliphatic heterocycles. The second kappa shape index (κ2) is 4.81. The Morgan fingerprint density at radius 2 is 2.00 bits per heavy atom. The average molecular weight is 233 g/mol. The minimum Gasteiger partial charge on any atom is -0.346 e. The molecule has 2 fully saturated rings. The van der Waals surface area contributed by atoms with Gasteiger partial charge < -0.3 is 10.3 Å². The fourth-order valence-electron chi connectivity index (χ4n) is 3.28. The van der Waals surface area contributed by atoms with Crippen molar-refractivity contribution in [3.63, 3.8) is 0 Å². The zero-order valence-electron chi connectivity index (χ0n) is 10.8. The second-order valence-electron chi connectivity index (χ2n) is 5.67. The first-order valence-electron chi connectivity index (χ1n) is 7.11. The quantitative estimate of drug-likeness (QED) is 0.842. The molecular weight excluding hydrogens is 210 g/mol. The molecule has 1 aromatic heterocycles. The van der Waals surface area contributed by atoms with Gasteiger partial charge in [-0.15, -0.1) is 0 Å². The molecule has 1 atom stereocenters. The lowest BCUT2D eigenvalue weighted by Crippen LogP contribution is -2.24. The maximum Gasteiger partial charge on any atom is 0.109 e. The van der Waals surface area contributed by atoms with Crippen molar-refractivity contribution in [1.29, 1.82) is 0 Å². The Balaban J connectivity index is 1.71. The van der Waals surface area contributed by atoms with Gasteiger partial charge in [0, 0.05) is 24.1 Å². The van der Waals surface area contributed by atoms with Crippen LogP contribution >= 0.6 is 0 Å². The van der Waals surface area contributed by atoms with Crippen LogP contribution in [0.1, 0.15) is 61.7 Å². The summed E-state index contributed by atoms with van der Waals surface area (Å²) >= 11 is 0. The molecule has 0 amide bonds. The highest BCUT2D eigenvalue weighted by atomic mass is 15.0. The molecule has 0 bridgehead atoms. The van der Waals surface area contributed by atoms with Crippen LogP contribution < -0.4 is 5.32 Å². The van der Waals surface area contributed by atoms with Crippen molar-refractivity contribution in [3.8, 4) is 0 Å². The van der Waals surface area contributed by atoms with Gasteiger partial charge >= 0.3 is 0 Å². The number of rotatable bonds is 3. The van der Waals surface area contributed by atoms with Crippen molar-refractivity contribution < 1.29 is 0 Å². The van der Waals surface area contributed by atoms with Crippen molar-refractivity contribution in [2.75, 3.05) is 6.54 Å². The SMILES string of the molecule is Cc1[nH]c(C2CCCC2)nc1CC1CCCN1. The smallest absolute Gasteiger partial charge is 0.109 e. The summed E-state index contributed by atoms with van der Waals surface area (Å²) in [6, 6.07) is 0.661. The number of nitrogens with zero attached hydrogens (tertiary/aromatic N) is 1. The number of aromatic amines is 1. The summed E-state index contributed by atoms with van der Waals surface area (Å²) in [5, 5.41) is 3.56. The molecule has 3 rings (SSSR count). The number of aryl methyl sites for hydroxylation is 1. The van der Waals surface area contributed by atoms with Crippen LogP contribution in [0.5, 0.6) is 0 Å². The summed E-state index contributed by atoms with van der Waals surface area (Å²) < 4.78 is 0. The third-order valence-corrected chi connectivity index (χ3v) is 4.35. The molecule has 2 heterocycles. The molecule has 94 valence electrons. The standard InChI is InChI=1S/C14H23N3/c1-10-13(9-12-7-4-8-15-12)17-14(16-10)11-5-2-3-6-11/h11-12,15H,2-9H2,1H3,(H,16,17). The monoisotopic (exact) mass is 233 g/mol. The van der Waals surface area contributed by atoms with E-state index in [4.69, 9.17) is 4.98 Å². The van der Waals surface area contributed by atoms with Crippen LogP contribution in [0.25, 0.3) is 0 Å². The third kappa shape index (κ3) is 2.39. The van der Waals surface area contributed by atoms with Crippen molar-refractivity contribution >= 4 is 0 Å². The van der Waals surface area contributed by atoms with Gasteiger partial charge in [-0.05, 0) is 39.2 Å². The van der Waals surface area contributed by atoms with Crippen LogP contribution in [-0.2, 0) is 6.42 Å². The van der Waals surface area contributed by atoms with Gasteiger partial charge in [0.25, 0.3) is 0 Å². The number of imidazole rings is 1. The predicted molar refractivity (Wildman–Crippen MR) is 69.3 cm³/mol. The Morgan fingerprint density at radius 1 is 1.18 bits per heavy atom. The second-order valence-corrected chi connectivity index (χ2v) is 5.67. The summed E-state index contributed by atoms with van der Waals surface area (Å²) in [6.45, 7) is 3.36. The summed E-state index contributed by atoms with van der Waals surface area (Å²) in [5.74, 6) is 1.96. The largest absolute Gasteiger partial charge is 0.346 e. The lowest BCUT2D eigenvalue weighted by atomic mass is 10.1. The molecule has 3 heteroatoms. The van der Waals surface area contributed by atoms with Gasteiger partial charge in [-0.25, -0.2) is 4.98 Å². The molecule has 0 radical (unpaired) electrons. The number of aromatic nitrogens is 2. The van der Waals surface area contributed by atoms with E-state index in [2.05, 4.69) is 17.2 Å². The number of nitrogens with one attached hydrogen (secondary N) is 2. The number of hydrogen-bond donors (Lipinski definition) is 2. The lowest BCUT2D eigenvalue weighted by Gasteiger charge is -2.08. The fraction of sp³-hybridized carbons (Fsp3) is 0.786. The molecule has 0 spiro atoms. The molecule has 1 aromatic rings. The first-order chi connectivity index (χ1) is 8.33. The highest BCUT2D eigenvalue weighted by Crippen LogP contribution is 2.33. The van der Waals surface area contributed by atoms with Gasteiger partial charge in [0.05, 0.1) is 5.69 Å². The molecule has 1 saturated heterocycles. The zero-order chi connectivity index (χ0) is 11.7. The lowest BCUT2D eigenvalue weighted by molar-refractivity contribution is 0.592. The van der Waals surface area contributed by atoms with Crippen LogP contribution in [0.3, 0.4) is 0 Å². The number of hydrogen-bond acceptors (Lipinski definition) is 2. The van der Waals surface area contributed by atoms with Crippen molar-refractivity contribution in [1.82, 2.24) is 15.3 Å². The molecule has 0 aromatic carbocycles. The highest BCUT2D eigenvalue weighted by molar-refractivity contribution is 5.17. The van der Waals surface area contributed by atoms with Gasteiger partial charge in [-0.2, -0.15) is 0 Å². The Hall–Kier alpha value is -0.830. The molecular formula is C14H23N3. The van der Waals surface area contributed by atoms with Crippen LogP contribution in [0.4, 0.5) is 0 Å². The van der Waals surface area contributed by atoms with E-state index in [1.54, 1.807) is 0 Å². The molecule has 1 saturated carbocycles. The molecule has 2 aliphatic rings. The van der Waals surface area contributed by atoms with Crippen LogP contribution in [0, 0.1) is 6.92 Å². The zero-order valence-corrected chi connectivity index (χ0v) is 10.8. The van der Waals surface area contributed by atoms with E-state index < -0.39 is 0 Å². The molecule has 1 unspecified atom stereocenters. The van der Waals surface area contributed by atoms with Crippen LogP contribution in [0.2, 0.25) is 0 Å². The average Bonchev–Trinajstić information content (AvgIpc) is 3.02. The van der Waals surface area contributed by atoms with E-state index in [-0.39, 0.29) is 0 Å². The summed E-state index contributed by atoms with van der Waals surface area (Å²) in [7, 11) is 0. The summed E-state index contributed by atoms with van der Waals surface area (Å²) in [5.41, 5.74) is 2.59. The molecule has 3 nitrogen and oxygen atoms in total. The Labute approximate surface area is 103 Å². The molecule has 2 N–H and O–H groups in total. The minimum absolute atomic E-state index is 0.661. The van der Waals surface area contributed by atoms with E-state index in [1.807, 2.05) is 0 Å². The first kappa shape index (κ1) is 11.3. The maximum absolute atomic E-state index is 4.86. The molecule has 1 aliphatic carbocycles. The first-order valence-corrected chi connectivity index (χ1v) is 7.11. The Morgan fingerprint density at radius 3 is 2.71 bits per heavy atom. The summed E-state index contributed by atoms with van der Waals surface area (Å²) in [6.07, 6.45) is 9.15. The van der Waals surface area contributed by atoms with Gasteiger partial charge in [-0.3, -0.25) is 0 Å². The third-order valence-electron chi connectivity index (χ3n) is 4.35. The normalized spacial score (nSPS) is 25.8. The van der Waals surface area contributed by atoms with E-state index in [1.165, 1.54) is 62.3 Å². The van der Waals surface area contributed by atoms with Crippen molar-refractivity contribution in [2.24, 2.45) is 0 Å². The van der Waals surface area contributed by atoms with E-state index in [9.17, 15) is 0 Å². The van der Waals surface area contributed by atoms with Crippen molar-refractivity contribution in [3.05, 3.63) is 17.2 Å². The topological polar surface area (TPSA) is 40.7 Å². The predicted octanol–water partition coefficient (Wildman–Crippen LogP) is 2.67. The van der Waals surface area contributed by atoms with E-state index in [0.717, 1.165) is 6.42 Å². The van der Waals surface area contributed by atoms with Gasteiger partial charge in [0.15, 0.2) is 0 Å². The highest BCUT2D eigenvalue weighted by Gasteiger charge is 2.22. The fourth-order valence-corrected chi connectivity index (χ4v) is 3.28.